The Bertz CT molecular complexity index is 320. The largest absolute Gasteiger partial charge is 0.480 e. The summed E-state index contributed by atoms with van der Waals surface area (Å²) in [5, 5.41) is 17.4. The molecular formula is C11H18N2O5. The van der Waals surface area contributed by atoms with Gasteiger partial charge >= 0.3 is 11.9 Å². The van der Waals surface area contributed by atoms with Crippen molar-refractivity contribution in [3.8, 4) is 0 Å². The maximum atomic E-state index is 12.0. The topological polar surface area (TPSA) is 121 Å². The molecule has 1 rings (SSSR count). The van der Waals surface area contributed by atoms with Crippen LogP contribution in [-0.4, -0.2) is 52.1 Å². The normalized spacial score (nSPS) is 23.4. The van der Waals surface area contributed by atoms with Crippen LogP contribution in [0.5, 0.6) is 0 Å². The third kappa shape index (κ3) is 4.33. The van der Waals surface area contributed by atoms with Crippen LogP contribution < -0.4 is 5.73 Å². The van der Waals surface area contributed by atoms with Crippen molar-refractivity contribution in [3.63, 3.8) is 0 Å². The van der Waals surface area contributed by atoms with E-state index in [1.165, 1.54) is 0 Å². The van der Waals surface area contributed by atoms with Gasteiger partial charge in [-0.1, -0.05) is 0 Å². The van der Waals surface area contributed by atoms with Gasteiger partial charge in [0.2, 0.25) is 5.91 Å². The number of carboxylic acids is 2. The van der Waals surface area contributed by atoms with E-state index < -0.39 is 30.9 Å². The number of hydrogen-bond donors (Lipinski definition) is 3. The summed E-state index contributed by atoms with van der Waals surface area (Å²) in [5.74, 6) is -3.12. The zero-order chi connectivity index (χ0) is 13.7. The van der Waals surface area contributed by atoms with Crippen molar-refractivity contribution in [3.05, 3.63) is 0 Å². The van der Waals surface area contributed by atoms with E-state index in [0.29, 0.717) is 25.7 Å². The van der Waals surface area contributed by atoms with Crippen molar-refractivity contribution < 1.29 is 24.6 Å². The van der Waals surface area contributed by atoms with Gasteiger partial charge in [0.25, 0.3) is 0 Å². The van der Waals surface area contributed by atoms with Crippen LogP contribution >= 0.6 is 0 Å². The molecule has 0 aromatic rings. The zero-order valence-electron chi connectivity index (χ0n) is 10.0. The molecule has 1 fully saturated rings. The molecule has 0 aliphatic heterocycles. The Morgan fingerprint density at radius 1 is 1.00 bits per heavy atom. The Hall–Kier alpha value is -1.63. The van der Waals surface area contributed by atoms with Gasteiger partial charge in [-0.2, -0.15) is 0 Å². The molecule has 7 nitrogen and oxygen atoms in total. The summed E-state index contributed by atoms with van der Waals surface area (Å²) in [4.78, 5) is 34.2. The SMILES string of the molecule is NC1CCC(C(=O)N(CC(=O)O)CC(=O)O)CC1. The smallest absolute Gasteiger partial charge is 0.323 e. The lowest BCUT2D eigenvalue weighted by Crippen LogP contribution is -2.44. The summed E-state index contributed by atoms with van der Waals surface area (Å²) in [7, 11) is 0. The Balaban J connectivity index is 2.63. The molecule has 0 radical (unpaired) electrons. The first-order chi connectivity index (χ1) is 8.40. The Morgan fingerprint density at radius 3 is 1.83 bits per heavy atom. The minimum absolute atomic E-state index is 0.0847. The van der Waals surface area contributed by atoms with Crippen LogP contribution in [0.4, 0.5) is 0 Å². The molecule has 102 valence electrons. The predicted molar refractivity (Wildman–Crippen MR) is 61.8 cm³/mol. The van der Waals surface area contributed by atoms with E-state index in [-0.39, 0.29) is 12.0 Å². The summed E-state index contributed by atoms with van der Waals surface area (Å²) >= 11 is 0. The van der Waals surface area contributed by atoms with Gasteiger partial charge in [-0.15, -0.1) is 0 Å². The molecule has 0 saturated heterocycles. The van der Waals surface area contributed by atoms with Gasteiger partial charge in [-0.05, 0) is 25.7 Å². The first-order valence-electron chi connectivity index (χ1n) is 5.88. The quantitative estimate of drug-likeness (QED) is 0.611. The van der Waals surface area contributed by atoms with E-state index in [4.69, 9.17) is 15.9 Å². The van der Waals surface area contributed by atoms with Gasteiger partial charge in [-0.25, -0.2) is 0 Å². The Kier molecular flexibility index (Phi) is 5.08. The second-order valence-electron chi connectivity index (χ2n) is 4.59. The zero-order valence-corrected chi connectivity index (χ0v) is 10.0. The lowest BCUT2D eigenvalue weighted by Gasteiger charge is -2.29. The highest BCUT2D eigenvalue weighted by molar-refractivity contribution is 5.86. The van der Waals surface area contributed by atoms with Crippen LogP contribution in [0.2, 0.25) is 0 Å². The fourth-order valence-electron chi connectivity index (χ4n) is 2.16. The third-order valence-electron chi connectivity index (χ3n) is 3.08. The van der Waals surface area contributed by atoms with Crippen LogP contribution in [0.3, 0.4) is 0 Å². The Labute approximate surface area is 105 Å². The first-order valence-corrected chi connectivity index (χ1v) is 5.88. The average molecular weight is 258 g/mol. The number of nitrogens with zero attached hydrogens (tertiary/aromatic N) is 1. The third-order valence-corrected chi connectivity index (χ3v) is 3.08. The average Bonchev–Trinajstić information content (AvgIpc) is 2.27. The van der Waals surface area contributed by atoms with Gasteiger partial charge in [0, 0.05) is 12.0 Å². The molecule has 1 amide bonds. The number of hydrogen-bond acceptors (Lipinski definition) is 4. The van der Waals surface area contributed by atoms with Crippen molar-refractivity contribution >= 4 is 17.8 Å². The summed E-state index contributed by atoms with van der Waals surface area (Å²) in [6.07, 6.45) is 2.61. The molecule has 0 unspecified atom stereocenters. The van der Waals surface area contributed by atoms with E-state index in [9.17, 15) is 14.4 Å². The predicted octanol–water partition coefficient (Wildman–Crippen LogP) is -0.498. The van der Waals surface area contributed by atoms with Gasteiger partial charge in [0.05, 0.1) is 0 Å². The summed E-state index contributed by atoms with van der Waals surface area (Å²) < 4.78 is 0. The lowest BCUT2D eigenvalue weighted by atomic mass is 9.85. The van der Waals surface area contributed by atoms with Crippen molar-refractivity contribution in [1.82, 2.24) is 4.90 Å². The molecule has 1 aliphatic rings. The molecular weight excluding hydrogens is 240 g/mol. The monoisotopic (exact) mass is 258 g/mol. The molecule has 0 atom stereocenters. The number of aliphatic carboxylic acids is 2. The van der Waals surface area contributed by atoms with E-state index in [0.717, 1.165) is 4.90 Å². The highest BCUT2D eigenvalue weighted by Gasteiger charge is 2.30. The molecule has 18 heavy (non-hydrogen) atoms. The highest BCUT2D eigenvalue weighted by atomic mass is 16.4. The summed E-state index contributed by atoms with van der Waals surface area (Å²) in [6.45, 7) is -1.15. The molecule has 0 bridgehead atoms. The first kappa shape index (κ1) is 14.4. The van der Waals surface area contributed by atoms with E-state index >= 15 is 0 Å². The fourth-order valence-corrected chi connectivity index (χ4v) is 2.16. The standard InChI is InChI=1S/C11H18N2O5/c12-8-3-1-7(2-4-8)11(18)13(5-9(14)15)6-10(16)17/h7-8H,1-6,12H2,(H,14,15)(H,16,17). The molecule has 0 spiro atoms. The van der Waals surface area contributed by atoms with Crippen LogP contribution in [0.25, 0.3) is 0 Å². The van der Waals surface area contributed by atoms with E-state index in [1.54, 1.807) is 0 Å². The van der Waals surface area contributed by atoms with Crippen LogP contribution in [0.15, 0.2) is 0 Å². The minimum Gasteiger partial charge on any atom is -0.480 e. The maximum absolute atomic E-state index is 12.0. The number of rotatable bonds is 5. The second-order valence-corrected chi connectivity index (χ2v) is 4.59. The van der Waals surface area contributed by atoms with Gasteiger partial charge in [0.1, 0.15) is 13.1 Å². The number of carboxylic acid groups (broad SMARTS) is 2. The highest BCUT2D eigenvalue weighted by Crippen LogP contribution is 2.24. The molecule has 4 N–H and O–H groups in total. The summed E-state index contributed by atoms with van der Waals surface area (Å²) in [6, 6.07) is 0.0847. The number of carbonyl (C=O) groups is 3. The molecule has 0 aromatic carbocycles. The van der Waals surface area contributed by atoms with E-state index in [1.807, 2.05) is 0 Å². The van der Waals surface area contributed by atoms with Crippen molar-refractivity contribution in [1.29, 1.82) is 0 Å². The Morgan fingerprint density at radius 2 is 1.44 bits per heavy atom. The van der Waals surface area contributed by atoms with Crippen LogP contribution in [0, 0.1) is 5.92 Å². The van der Waals surface area contributed by atoms with Gasteiger partial charge in [0.15, 0.2) is 0 Å². The lowest BCUT2D eigenvalue weighted by molar-refractivity contribution is -0.151. The second kappa shape index (κ2) is 6.34. The van der Waals surface area contributed by atoms with E-state index in [2.05, 4.69) is 0 Å². The molecule has 7 heteroatoms. The van der Waals surface area contributed by atoms with Crippen molar-refractivity contribution in [2.24, 2.45) is 11.7 Å². The number of amides is 1. The fraction of sp³-hybridized carbons (Fsp3) is 0.727. The van der Waals surface area contributed by atoms with Crippen molar-refractivity contribution in [2.75, 3.05) is 13.1 Å². The number of nitrogens with two attached hydrogens (primary N) is 1. The van der Waals surface area contributed by atoms with Gasteiger partial charge < -0.3 is 20.8 Å². The van der Waals surface area contributed by atoms with Gasteiger partial charge in [-0.3, -0.25) is 14.4 Å². The van der Waals surface area contributed by atoms with Crippen molar-refractivity contribution in [2.45, 2.75) is 31.7 Å². The molecule has 0 aromatic heterocycles. The maximum Gasteiger partial charge on any atom is 0.323 e. The van der Waals surface area contributed by atoms with Crippen LogP contribution in [0.1, 0.15) is 25.7 Å². The number of carbonyl (C=O) groups excluding carboxylic acids is 1. The van der Waals surface area contributed by atoms with Crippen LogP contribution in [-0.2, 0) is 14.4 Å². The summed E-state index contributed by atoms with van der Waals surface area (Å²) in [5.41, 5.74) is 5.72. The molecule has 1 saturated carbocycles. The molecule has 0 heterocycles. The molecule has 1 aliphatic carbocycles. The minimum atomic E-state index is -1.21.